The van der Waals surface area contributed by atoms with Gasteiger partial charge < -0.3 is 0 Å². The molecule has 0 saturated carbocycles. The Labute approximate surface area is 136 Å². The summed E-state index contributed by atoms with van der Waals surface area (Å²) in [6.07, 6.45) is 0.714. The minimum atomic E-state index is -0.719. The van der Waals surface area contributed by atoms with E-state index in [-0.39, 0.29) is 23.4 Å². The van der Waals surface area contributed by atoms with Crippen LogP contribution >= 0.6 is 0 Å². The highest BCUT2D eigenvalue weighted by Crippen LogP contribution is 2.18. The van der Waals surface area contributed by atoms with Crippen LogP contribution in [0.25, 0.3) is 11.3 Å². The molecule has 0 radical (unpaired) electrons. The van der Waals surface area contributed by atoms with Gasteiger partial charge >= 0.3 is 0 Å². The van der Waals surface area contributed by atoms with E-state index in [0.717, 1.165) is 23.8 Å². The van der Waals surface area contributed by atoms with Gasteiger partial charge in [-0.15, -0.1) is 0 Å². The number of aromatic nitrogens is 2. The van der Waals surface area contributed by atoms with E-state index in [1.807, 2.05) is 0 Å². The molecule has 0 spiro atoms. The number of rotatable bonds is 4. The van der Waals surface area contributed by atoms with Crippen LogP contribution in [0.1, 0.15) is 15.9 Å². The smallest absolute Gasteiger partial charge is 0.267 e. The van der Waals surface area contributed by atoms with Gasteiger partial charge in [0.05, 0.1) is 12.2 Å². The lowest BCUT2D eigenvalue weighted by molar-refractivity contribution is 0.112. The first kappa shape index (κ1) is 15.7. The molecule has 0 atom stereocenters. The Balaban J connectivity index is 1.99. The molecule has 0 saturated heterocycles. The van der Waals surface area contributed by atoms with E-state index in [2.05, 4.69) is 5.10 Å². The number of hydrogen-bond acceptors (Lipinski definition) is 3. The molecule has 0 aliphatic heterocycles. The van der Waals surface area contributed by atoms with Gasteiger partial charge in [-0.05, 0) is 29.8 Å². The van der Waals surface area contributed by atoms with Gasteiger partial charge in [0, 0.05) is 23.3 Å². The molecule has 2 aromatic carbocycles. The standard InChI is InChI=1S/C18H12F2N2O2/c19-15-7-14(8-16(20)9-15)17-4-5-18(24)22(21-17)10-12-2-1-3-13(6-12)11-23/h1-9,11H,10H2. The van der Waals surface area contributed by atoms with Crippen molar-refractivity contribution in [2.75, 3.05) is 0 Å². The van der Waals surface area contributed by atoms with Gasteiger partial charge in [-0.3, -0.25) is 9.59 Å². The summed E-state index contributed by atoms with van der Waals surface area (Å²) >= 11 is 0. The highest BCUT2D eigenvalue weighted by Gasteiger charge is 2.08. The molecule has 0 aliphatic carbocycles. The van der Waals surface area contributed by atoms with Gasteiger partial charge in [0.2, 0.25) is 0 Å². The third-order valence-electron chi connectivity index (χ3n) is 3.44. The third-order valence-corrected chi connectivity index (χ3v) is 3.44. The van der Waals surface area contributed by atoms with E-state index in [1.165, 1.54) is 16.8 Å². The average Bonchev–Trinajstić information content (AvgIpc) is 2.56. The van der Waals surface area contributed by atoms with Gasteiger partial charge in [0.15, 0.2) is 0 Å². The number of nitrogens with zero attached hydrogens (tertiary/aromatic N) is 2. The Bertz CT molecular complexity index is 947. The fourth-order valence-corrected chi connectivity index (χ4v) is 2.36. The molecule has 24 heavy (non-hydrogen) atoms. The van der Waals surface area contributed by atoms with Crippen molar-refractivity contribution in [3.63, 3.8) is 0 Å². The zero-order valence-electron chi connectivity index (χ0n) is 12.4. The monoisotopic (exact) mass is 326 g/mol. The van der Waals surface area contributed by atoms with Crippen LogP contribution in [0.2, 0.25) is 0 Å². The second-order valence-corrected chi connectivity index (χ2v) is 5.24. The highest BCUT2D eigenvalue weighted by molar-refractivity contribution is 5.74. The summed E-state index contributed by atoms with van der Waals surface area (Å²) < 4.78 is 27.9. The zero-order chi connectivity index (χ0) is 17.1. The lowest BCUT2D eigenvalue weighted by Crippen LogP contribution is -2.22. The molecule has 1 aromatic heterocycles. The topological polar surface area (TPSA) is 52.0 Å². The van der Waals surface area contributed by atoms with Crippen LogP contribution in [0.4, 0.5) is 8.78 Å². The Morgan fingerprint density at radius 3 is 2.46 bits per heavy atom. The average molecular weight is 326 g/mol. The second kappa shape index (κ2) is 6.54. The molecule has 3 aromatic rings. The number of hydrogen-bond donors (Lipinski definition) is 0. The minimum Gasteiger partial charge on any atom is -0.298 e. The lowest BCUT2D eigenvalue weighted by atomic mass is 10.1. The Morgan fingerprint density at radius 2 is 1.75 bits per heavy atom. The predicted octanol–water partition coefficient (Wildman–Crippen LogP) is 3.05. The van der Waals surface area contributed by atoms with Crippen LogP contribution in [-0.2, 0) is 6.54 Å². The Hall–Kier alpha value is -3.15. The summed E-state index contributed by atoms with van der Waals surface area (Å²) in [6, 6.07) is 12.5. The van der Waals surface area contributed by atoms with Crippen LogP contribution in [0.5, 0.6) is 0 Å². The van der Waals surface area contributed by atoms with Gasteiger partial charge in [-0.25, -0.2) is 13.5 Å². The molecule has 4 nitrogen and oxygen atoms in total. The first-order valence-corrected chi connectivity index (χ1v) is 7.14. The summed E-state index contributed by atoms with van der Waals surface area (Å²) in [5.74, 6) is -1.44. The summed E-state index contributed by atoms with van der Waals surface area (Å²) in [6.45, 7) is 0.145. The lowest BCUT2D eigenvalue weighted by Gasteiger charge is -2.08. The molecule has 120 valence electrons. The van der Waals surface area contributed by atoms with Crippen molar-refractivity contribution in [3.8, 4) is 11.3 Å². The first-order chi connectivity index (χ1) is 11.5. The normalized spacial score (nSPS) is 10.6. The van der Waals surface area contributed by atoms with Crippen LogP contribution < -0.4 is 5.56 Å². The molecule has 1 heterocycles. The van der Waals surface area contributed by atoms with Crippen LogP contribution in [0.15, 0.2) is 59.4 Å². The Morgan fingerprint density at radius 1 is 1.00 bits per heavy atom. The van der Waals surface area contributed by atoms with Crippen molar-refractivity contribution < 1.29 is 13.6 Å². The SMILES string of the molecule is O=Cc1cccc(Cn2nc(-c3cc(F)cc(F)c3)ccc2=O)c1. The van der Waals surface area contributed by atoms with Crippen molar-refractivity contribution in [1.29, 1.82) is 0 Å². The zero-order valence-corrected chi connectivity index (χ0v) is 12.4. The number of benzene rings is 2. The van der Waals surface area contributed by atoms with Gasteiger partial charge in [-0.1, -0.05) is 18.2 Å². The van der Waals surface area contributed by atoms with Crippen molar-refractivity contribution in [1.82, 2.24) is 9.78 Å². The molecular weight excluding hydrogens is 314 g/mol. The fraction of sp³-hybridized carbons (Fsp3) is 0.0556. The molecule has 0 unspecified atom stereocenters. The van der Waals surface area contributed by atoms with E-state index in [9.17, 15) is 18.4 Å². The van der Waals surface area contributed by atoms with Crippen molar-refractivity contribution in [2.24, 2.45) is 0 Å². The van der Waals surface area contributed by atoms with Crippen molar-refractivity contribution in [3.05, 3.63) is 87.7 Å². The molecule has 0 fully saturated rings. The summed E-state index contributed by atoms with van der Waals surface area (Å²) in [7, 11) is 0. The molecule has 0 amide bonds. The van der Waals surface area contributed by atoms with Crippen LogP contribution in [0.3, 0.4) is 0 Å². The quantitative estimate of drug-likeness (QED) is 0.693. The highest BCUT2D eigenvalue weighted by atomic mass is 19.1. The molecule has 0 bridgehead atoms. The summed E-state index contributed by atoms with van der Waals surface area (Å²) in [4.78, 5) is 22.8. The molecular formula is C18H12F2N2O2. The van der Waals surface area contributed by atoms with Crippen molar-refractivity contribution in [2.45, 2.75) is 6.54 Å². The van der Waals surface area contributed by atoms with Gasteiger partial charge in [0.1, 0.15) is 17.9 Å². The van der Waals surface area contributed by atoms with E-state index in [1.54, 1.807) is 24.3 Å². The first-order valence-electron chi connectivity index (χ1n) is 7.14. The maximum absolute atomic E-state index is 13.4. The van der Waals surface area contributed by atoms with Gasteiger partial charge in [0.25, 0.3) is 5.56 Å². The number of halogens is 2. The van der Waals surface area contributed by atoms with E-state index in [0.29, 0.717) is 11.8 Å². The molecule has 6 heteroatoms. The van der Waals surface area contributed by atoms with Crippen molar-refractivity contribution >= 4 is 6.29 Å². The maximum atomic E-state index is 13.4. The largest absolute Gasteiger partial charge is 0.298 e. The number of aldehydes is 1. The summed E-state index contributed by atoms with van der Waals surface area (Å²) in [5.41, 5.74) is 1.37. The van der Waals surface area contributed by atoms with Crippen LogP contribution in [0, 0.1) is 11.6 Å². The fourth-order valence-electron chi connectivity index (χ4n) is 2.36. The molecule has 0 N–H and O–H groups in total. The molecule has 0 aliphatic rings. The van der Waals surface area contributed by atoms with E-state index in [4.69, 9.17) is 0 Å². The maximum Gasteiger partial charge on any atom is 0.267 e. The third kappa shape index (κ3) is 3.43. The molecule has 3 rings (SSSR count). The second-order valence-electron chi connectivity index (χ2n) is 5.24. The van der Waals surface area contributed by atoms with Crippen LogP contribution in [-0.4, -0.2) is 16.1 Å². The summed E-state index contributed by atoms with van der Waals surface area (Å²) in [5, 5.41) is 4.16. The van der Waals surface area contributed by atoms with E-state index < -0.39 is 11.6 Å². The number of carbonyl (C=O) groups excluding carboxylic acids is 1. The number of carbonyl (C=O) groups is 1. The van der Waals surface area contributed by atoms with E-state index >= 15 is 0 Å². The predicted molar refractivity (Wildman–Crippen MR) is 84.8 cm³/mol. The Kier molecular flexibility index (Phi) is 4.29. The minimum absolute atomic E-state index is 0.145. The van der Waals surface area contributed by atoms with Gasteiger partial charge in [-0.2, -0.15) is 5.10 Å².